The lowest BCUT2D eigenvalue weighted by atomic mass is 10.2. The van der Waals surface area contributed by atoms with E-state index < -0.39 is 0 Å². The number of rotatable bonds is 9. The molecule has 0 spiro atoms. The number of carbonyl (C=O) groups excluding carboxylic acids is 1. The summed E-state index contributed by atoms with van der Waals surface area (Å²) in [6.07, 6.45) is 1.77. The molecule has 0 radical (unpaired) electrons. The fourth-order valence-corrected chi connectivity index (χ4v) is 3.33. The number of ether oxygens (including phenoxy) is 1. The topological polar surface area (TPSA) is 69.0 Å². The molecule has 0 aliphatic heterocycles. The smallest absolute Gasteiger partial charge is 0.234 e. The van der Waals surface area contributed by atoms with Crippen LogP contribution in [0.4, 0.5) is 5.69 Å². The van der Waals surface area contributed by atoms with Crippen LogP contribution in [-0.2, 0) is 17.9 Å². The van der Waals surface area contributed by atoms with E-state index in [-0.39, 0.29) is 11.7 Å². The highest BCUT2D eigenvalue weighted by Gasteiger charge is 2.14. The molecule has 3 rings (SSSR count). The van der Waals surface area contributed by atoms with Gasteiger partial charge < -0.3 is 10.1 Å². The van der Waals surface area contributed by atoms with E-state index in [1.165, 1.54) is 11.8 Å². The molecule has 0 unspecified atom stereocenters. The second-order valence-electron chi connectivity index (χ2n) is 6.11. The van der Waals surface area contributed by atoms with Gasteiger partial charge in [0.2, 0.25) is 5.91 Å². The van der Waals surface area contributed by atoms with Gasteiger partial charge in [-0.1, -0.05) is 48.2 Å². The van der Waals surface area contributed by atoms with Crippen molar-refractivity contribution in [2.75, 3.05) is 11.1 Å². The van der Waals surface area contributed by atoms with Gasteiger partial charge in [-0.3, -0.25) is 9.36 Å². The average molecular weight is 395 g/mol. The highest BCUT2D eigenvalue weighted by molar-refractivity contribution is 7.99. The largest absolute Gasteiger partial charge is 0.486 e. The molecule has 0 saturated heterocycles. The zero-order valence-electron chi connectivity index (χ0n) is 15.7. The number of nitrogens with zero attached hydrogens (tertiary/aromatic N) is 3. The molecule has 1 amide bonds. The summed E-state index contributed by atoms with van der Waals surface area (Å²) in [7, 11) is 0. The van der Waals surface area contributed by atoms with Gasteiger partial charge in [0, 0.05) is 12.2 Å². The van der Waals surface area contributed by atoms with Crippen LogP contribution < -0.4 is 10.1 Å². The molecule has 7 heteroatoms. The minimum absolute atomic E-state index is 0.0918. The predicted octanol–water partition coefficient (Wildman–Crippen LogP) is 4.08. The molecule has 0 aliphatic carbocycles. The molecule has 6 nitrogen and oxygen atoms in total. The molecule has 28 heavy (non-hydrogen) atoms. The normalized spacial score (nSPS) is 10.5. The van der Waals surface area contributed by atoms with Crippen LogP contribution in [0.25, 0.3) is 0 Å². The highest BCUT2D eigenvalue weighted by Crippen LogP contribution is 2.19. The van der Waals surface area contributed by atoms with E-state index >= 15 is 0 Å². The number of amides is 1. The predicted molar refractivity (Wildman–Crippen MR) is 112 cm³/mol. The number of aromatic nitrogens is 3. The van der Waals surface area contributed by atoms with Gasteiger partial charge in [-0.25, -0.2) is 0 Å². The number of anilines is 1. The van der Waals surface area contributed by atoms with Crippen LogP contribution >= 0.6 is 11.8 Å². The van der Waals surface area contributed by atoms with Crippen LogP contribution in [0.5, 0.6) is 5.75 Å². The number of benzene rings is 2. The maximum atomic E-state index is 12.2. The van der Waals surface area contributed by atoms with E-state index in [0.29, 0.717) is 24.1 Å². The fraction of sp³-hybridized carbons (Fsp3) is 0.190. The third kappa shape index (κ3) is 5.47. The summed E-state index contributed by atoms with van der Waals surface area (Å²) in [5, 5.41) is 12.0. The Morgan fingerprint density at radius 1 is 1.21 bits per heavy atom. The molecule has 1 aromatic heterocycles. The molecule has 0 atom stereocenters. The average Bonchev–Trinajstić information content (AvgIpc) is 3.08. The van der Waals surface area contributed by atoms with Gasteiger partial charge in [0.1, 0.15) is 12.4 Å². The molecule has 3 aromatic rings. The highest BCUT2D eigenvalue weighted by atomic mass is 32.2. The van der Waals surface area contributed by atoms with Crippen molar-refractivity contribution in [1.82, 2.24) is 14.8 Å². The van der Waals surface area contributed by atoms with Crippen molar-refractivity contribution in [3.63, 3.8) is 0 Å². The third-order valence-electron chi connectivity index (χ3n) is 3.85. The lowest BCUT2D eigenvalue weighted by molar-refractivity contribution is -0.113. The number of allylic oxidation sites excluding steroid dienone is 1. The van der Waals surface area contributed by atoms with Crippen LogP contribution in [0.2, 0.25) is 0 Å². The van der Waals surface area contributed by atoms with Crippen LogP contribution in [0.15, 0.2) is 72.4 Å². The van der Waals surface area contributed by atoms with Crippen molar-refractivity contribution in [2.45, 2.75) is 25.2 Å². The quantitative estimate of drug-likeness (QED) is 0.437. The van der Waals surface area contributed by atoms with E-state index in [0.717, 1.165) is 17.0 Å². The molecular formula is C21H22N4O2S. The van der Waals surface area contributed by atoms with E-state index in [1.807, 2.05) is 66.1 Å². The van der Waals surface area contributed by atoms with Gasteiger partial charge >= 0.3 is 0 Å². The van der Waals surface area contributed by atoms with E-state index in [4.69, 9.17) is 4.74 Å². The van der Waals surface area contributed by atoms with Crippen molar-refractivity contribution in [2.24, 2.45) is 0 Å². The summed E-state index contributed by atoms with van der Waals surface area (Å²) in [5.41, 5.74) is 1.88. The first kappa shape index (κ1) is 19.7. The van der Waals surface area contributed by atoms with Crippen molar-refractivity contribution >= 4 is 23.4 Å². The second kappa shape index (κ2) is 9.75. The van der Waals surface area contributed by atoms with Gasteiger partial charge in [-0.2, -0.15) is 0 Å². The number of carbonyl (C=O) groups is 1. The summed E-state index contributed by atoms with van der Waals surface area (Å²) >= 11 is 1.34. The van der Waals surface area contributed by atoms with Gasteiger partial charge in [0.25, 0.3) is 0 Å². The number of thioether (sulfide) groups is 1. The number of hydrogen-bond acceptors (Lipinski definition) is 5. The van der Waals surface area contributed by atoms with Gasteiger partial charge in [-0.05, 0) is 36.8 Å². The lowest BCUT2D eigenvalue weighted by Gasteiger charge is -2.09. The first-order valence-corrected chi connectivity index (χ1v) is 9.84. The van der Waals surface area contributed by atoms with Crippen molar-refractivity contribution in [1.29, 1.82) is 0 Å². The number of hydrogen-bond donors (Lipinski definition) is 1. The second-order valence-corrected chi connectivity index (χ2v) is 7.05. The minimum atomic E-state index is -0.0918. The zero-order chi connectivity index (χ0) is 19.8. The van der Waals surface area contributed by atoms with Crippen molar-refractivity contribution < 1.29 is 9.53 Å². The molecule has 0 fully saturated rings. The van der Waals surface area contributed by atoms with Crippen LogP contribution in [0, 0.1) is 6.92 Å². The Kier molecular flexibility index (Phi) is 6.86. The molecule has 1 heterocycles. The summed E-state index contributed by atoms with van der Waals surface area (Å²) in [6.45, 7) is 6.61. The number of aryl methyl sites for hydroxylation is 1. The third-order valence-corrected chi connectivity index (χ3v) is 4.82. The van der Waals surface area contributed by atoms with Gasteiger partial charge in [0.05, 0.1) is 5.75 Å². The van der Waals surface area contributed by atoms with E-state index in [9.17, 15) is 4.79 Å². The molecule has 0 bridgehead atoms. The number of nitrogens with one attached hydrogen (secondary N) is 1. The summed E-state index contributed by atoms with van der Waals surface area (Å²) in [4.78, 5) is 12.2. The maximum Gasteiger partial charge on any atom is 0.234 e. The monoisotopic (exact) mass is 394 g/mol. The Hall–Kier alpha value is -3.06. The standard InChI is InChI=1S/C21H22N4O2S/c1-3-12-25-19(14-27-18-10-5-4-6-11-18)23-24-21(25)28-15-20(26)22-17-9-7-8-16(2)13-17/h3-11,13H,1,12,14-15H2,2H3,(H,22,26). The molecule has 2 aromatic carbocycles. The lowest BCUT2D eigenvalue weighted by Crippen LogP contribution is -2.15. The Labute approximate surface area is 168 Å². The van der Waals surface area contributed by atoms with Crippen LogP contribution in [0.1, 0.15) is 11.4 Å². The van der Waals surface area contributed by atoms with Gasteiger partial charge in [0.15, 0.2) is 11.0 Å². The molecule has 1 N–H and O–H groups in total. The Bertz CT molecular complexity index is 941. The van der Waals surface area contributed by atoms with Crippen LogP contribution in [0.3, 0.4) is 0 Å². The van der Waals surface area contributed by atoms with E-state index in [2.05, 4.69) is 22.1 Å². The SMILES string of the molecule is C=CCn1c(COc2ccccc2)nnc1SCC(=O)Nc1cccc(C)c1. The maximum absolute atomic E-state index is 12.2. The summed E-state index contributed by atoms with van der Waals surface area (Å²) in [6, 6.07) is 17.2. The van der Waals surface area contributed by atoms with Crippen molar-refractivity contribution in [3.8, 4) is 5.75 Å². The first-order chi connectivity index (χ1) is 13.7. The summed E-state index contributed by atoms with van der Waals surface area (Å²) in [5.74, 6) is 1.60. The van der Waals surface area contributed by atoms with Crippen LogP contribution in [-0.4, -0.2) is 26.4 Å². The molecular weight excluding hydrogens is 372 g/mol. The Morgan fingerprint density at radius 2 is 2.04 bits per heavy atom. The van der Waals surface area contributed by atoms with Gasteiger partial charge in [-0.15, -0.1) is 16.8 Å². The Morgan fingerprint density at radius 3 is 2.79 bits per heavy atom. The number of para-hydroxylation sites is 1. The first-order valence-electron chi connectivity index (χ1n) is 8.86. The molecule has 144 valence electrons. The molecule has 0 saturated carbocycles. The fourth-order valence-electron chi connectivity index (χ4n) is 2.56. The van der Waals surface area contributed by atoms with E-state index in [1.54, 1.807) is 6.08 Å². The summed E-state index contributed by atoms with van der Waals surface area (Å²) < 4.78 is 7.67. The minimum Gasteiger partial charge on any atom is -0.486 e. The Balaban J connectivity index is 1.60. The molecule has 0 aliphatic rings. The van der Waals surface area contributed by atoms with Crippen molar-refractivity contribution in [3.05, 3.63) is 78.6 Å². The zero-order valence-corrected chi connectivity index (χ0v) is 16.5.